The van der Waals surface area contributed by atoms with Crippen LogP contribution in [-0.2, 0) is 36.7 Å². The van der Waals surface area contributed by atoms with Crippen LogP contribution >= 0.6 is 0 Å². The molecule has 40 heavy (non-hydrogen) atoms. The average Bonchev–Trinajstić information content (AvgIpc) is 3.60. The lowest BCUT2D eigenvalue weighted by Gasteiger charge is -2.28. The summed E-state index contributed by atoms with van der Waals surface area (Å²) >= 11 is 0. The van der Waals surface area contributed by atoms with E-state index in [4.69, 9.17) is 23.1 Å². The number of imidazole rings is 1. The summed E-state index contributed by atoms with van der Waals surface area (Å²) < 4.78 is 57.0. The van der Waals surface area contributed by atoms with Gasteiger partial charge in [0.05, 0.1) is 44.2 Å². The third-order valence-electron chi connectivity index (χ3n) is 6.52. The molecule has 1 aliphatic rings. The number of ether oxygens (including phenoxy) is 4. The molecular weight excluding hydrogens is 532 g/mol. The Hall–Kier alpha value is -2.92. The standard InChI is InChI=1S/C30H40N2O7S/c1-4-15-35-26-17-25(18-27(19-26)36-16-5-2)7-6-12-30(22-32-14-13-31-23-32)37-20-28(39-30)21-38-40(33,34)29-10-8-24(3)9-11-29/h8-11,13-14,17-19,23,28H,4-7,12,15-16,20-22H2,1-3H3/t28-,30-/m0/s1. The Morgan fingerprint density at radius 2 is 1.75 bits per heavy atom. The Kier molecular flexibility index (Phi) is 10.6. The maximum absolute atomic E-state index is 12.7. The number of nitrogens with zero attached hydrogens (tertiary/aromatic N) is 2. The third kappa shape index (κ3) is 8.54. The van der Waals surface area contributed by atoms with Crippen LogP contribution in [0.25, 0.3) is 0 Å². The van der Waals surface area contributed by atoms with E-state index in [1.165, 1.54) is 0 Å². The molecule has 0 amide bonds. The lowest BCUT2D eigenvalue weighted by atomic mass is 10.0. The van der Waals surface area contributed by atoms with Crippen LogP contribution in [0.3, 0.4) is 0 Å². The minimum Gasteiger partial charge on any atom is -0.493 e. The fraction of sp³-hybridized carbons (Fsp3) is 0.500. The van der Waals surface area contributed by atoms with Crippen LogP contribution in [0.5, 0.6) is 11.5 Å². The van der Waals surface area contributed by atoms with Gasteiger partial charge >= 0.3 is 0 Å². The molecule has 1 saturated heterocycles. The number of benzene rings is 2. The Morgan fingerprint density at radius 3 is 2.38 bits per heavy atom. The highest BCUT2D eigenvalue weighted by atomic mass is 32.2. The minimum atomic E-state index is -3.90. The monoisotopic (exact) mass is 572 g/mol. The molecule has 1 fully saturated rings. The Balaban J connectivity index is 1.40. The van der Waals surface area contributed by atoms with Gasteiger partial charge in [-0.15, -0.1) is 0 Å². The Bertz CT molecular complexity index is 1270. The molecule has 4 rings (SSSR count). The van der Waals surface area contributed by atoms with E-state index in [1.807, 2.05) is 23.8 Å². The van der Waals surface area contributed by atoms with E-state index in [0.29, 0.717) is 26.2 Å². The van der Waals surface area contributed by atoms with E-state index in [1.54, 1.807) is 36.8 Å². The number of rotatable bonds is 16. The van der Waals surface area contributed by atoms with Crippen LogP contribution in [0.15, 0.2) is 66.1 Å². The molecule has 1 aromatic heterocycles. The van der Waals surface area contributed by atoms with Crippen molar-refractivity contribution < 1.29 is 31.5 Å². The molecule has 3 aromatic rings. The lowest BCUT2D eigenvalue weighted by Crippen LogP contribution is -2.37. The van der Waals surface area contributed by atoms with Crippen molar-refractivity contribution in [2.24, 2.45) is 0 Å². The molecule has 0 spiro atoms. The van der Waals surface area contributed by atoms with Crippen LogP contribution in [0.4, 0.5) is 0 Å². The summed E-state index contributed by atoms with van der Waals surface area (Å²) in [5, 5.41) is 0. The van der Waals surface area contributed by atoms with Crippen LogP contribution < -0.4 is 9.47 Å². The second kappa shape index (κ2) is 14.1. The summed E-state index contributed by atoms with van der Waals surface area (Å²) in [4.78, 5) is 4.26. The summed E-state index contributed by atoms with van der Waals surface area (Å²) in [7, 11) is -3.90. The van der Waals surface area contributed by atoms with E-state index in [2.05, 4.69) is 31.0 Å². The predicted octanol–water partition coefficient (Wildman–Crippen LogP) is 5.31. The van der Waals surface area contributed by atoms with Crippen molar-refractivity contribution in [3.05, 3.63) is 72.3 Å². The quantitative estimate of drug-likeness (QED) is 0.213. The van der Waals surface area contributed by atoms with Crippen molar-refractivity contribution in [1.82, 2.24) is 9.55 Å². The molecule has 2 atom stereocenters. The molecule has 9 nitrogen and oxygen atoms in total. The molecule has 10 heteroatoms. The zero-order valence-corrected chi connectivity index (χ0v) is 24.4. The van der Waals surface area contributed by atoms with Gasteiger partial charge in [-0.3, -0.25) is 4.18 Å². The topological polar surface area (TPSA) is 98.1 Å². The van der Waals surface area contributed by atoms with Gasteiger partial charge in [-0.2, -0.15) is 8.42 Å². The van der Waals surface area contributed by atoms with E-state index in [0.717, 1.165) is 48.3 Å². The lowest BCUT2D eigenvalue weighted by molar-refractivity contribution is -0.185. The van der Waals surface area contributed by atoms with E-state index < -0.39 is 22.0 Å². The van der Waals surface area contributed by atoms with E-state index in [-0.39, 0.29) is 18.1 Å². The maximum atomic E-state index is 12.7. The summed E-state index contributed by atoms with van der Waals surface area (Å²) in [5.41, 5.74) is 2.08. The van der Waals surface area contributed by atoms with Gasteiger partial charge in [0, 0.05) is 24.9 Å². The van der Waals surface area contributed by atoms with Gasteiger partial charge in [0.2, 0.25) is 0 Å². The van der Waals surface area contributed by atoms with Gasteiger partial charge in [-0.05, 0) is 62.4 Å². The van der Waals surface area contributed by atoms with Crippen LogP contribution in [0.1, 0.15) is 50.7 Å². The molecule has 218 valence electrons. The molecule has 2 heterocycles. The molecule has 0 aliphatic carbocycles. The molecule has 0 bridgehead atoms. The molecular formula is C30H40N2O7S. The minimum absolute atomic E-state index is 0.120. The van der Waals surface area contributed by atoms with E-state index in [9.17, 15) is 8.42 Å². The second-order valence-electron chi connectivity index (χ2n) is 10.1. The molecule has 1 aliphatic heterocycles. The van der Waals surface area contributed by atoms with Crippen molar-refractivity contribution in [3.8, 4) is 11.5 Å². The SMILES string of the molecule is CCCOc1cc(CCC[C@]2(Cn3ccnc3)OC[C@@H](COS(=O)(=O)c3ccc(C)cc3)O2)cc(OCCC)c1. The van der Waals surface area contributed by atoms with Gasteiger partial charge in [0.25, 0.3) is 10.1 Å². The maximum Gasteiger partial charge on any atom is 0.297 e. The van der Waals surface area contributed by atoms with Crippen molar-refractivity contribution in [3.63, 3.8) is 0 Å². The third-order valence-corrected chi connectivity index (χ3v) is 7.82. The first-order chi connectivity index (χ1) is 19.3. The first-order valence-corrected chi connectivity index (χ1v) is 15.3. The van der Waals surface area contributed by atoms with Crippen molar-refractivity contribution in [1.29, 1.82) is 0 Å². The van der Waals surface area contributed by atoms with Gasteiger partial charge < -0.3 is 23.5 Å². The van der Waals surface area contributed by atoms with Crippen LogP contribution in [0, 0.1) is 6.92 Å². The zero-order chi connectivity index (χ0) is 28.4. The fourth-order valence-corrected chi connectivity index (χ4v) is 5.47. The summed E-state index contributed by atoms with van der Waals surface area (Å²) in [5.74, 6) is 0.679. The van der Waals surface area contributed by atoms with Gasteiger partial charge in [0.1, 0.15) is 17.6 Å². The van der Waals surface area contributed by atoms with Crippen LogP contribution in [-0.4, -0.2) is 56.3 Å². The number of aromatic nitrogens is 2. The molecule has 2 aromatic carbocycles. The van der Waals surface area contributed by atoms with Crippen molar-refractivity contribution >= 4 is 10.1 Å². The number of hydrogen-bond donors (Lipinski definition) is 0. The zero-order valence-electron chi connectivity index (χ0n) is 23.6. The molecule has 0 saturated carbocycles. The molecule has 0 radical (unpaired) electrons. The van der Waals surface area contributed by atoms with Crippen molar-refractivity contribution in [2.45, 2.75) is 76.2 Å². The highest BCUT2D eigenvalue weighted by Gasteiger charge is 2.42. The smallest absolute Gasteiger partial charge is 0.297 e. The molecule has 0 N–H and O–H groups in total. The summed E-state index contributed by atoms with van der Waals surface area (Å²) in [6, 6.07) is 12.6. The fourth-order valence-electron chi connectivity index (χ4n) is 4.53. The number of aryl methyl sites for hydroxylation is 2. The highest BCUT2D eigenvalue weighted by molar-refractivity contribution is 7.86. The first kappa shape index (κ1) is 30.0. The summed E-state index contributed by atoms with van der Waals surface area (Å²) in [6.45, 7) is 7.89. The Labute approximate surface area is 237 Å². The second-order valence-corrected chi connectivity index (χ2v) is 11.7. The normalized spacial score (nSPS) is 19.1. The Morgan fingerprint density at radius 1 is 1.05 bits per heavy atom. The highest BCUT2D eigenvalue weighted by Crippen LogP contribution is 2.33. The van der Waals surface area contributed by atoms with Crippen molar-refractivity contribution in [2.75, 3.05) is 26.4 Å². The van der Waals surface area contributed by atoms with Gasteiger partial charge in [-0.1, -0.05) is 31.5 Å². The number of hydrogen-bond acceptors (Lipinski definition) is 8. The van der Waals surface area contributed by atoms with Gasteiger partial charge in [0.15, 0.2) is 5.79 Å². The van der Waals surface area contributed by atoms with Gasteiger partial charge in [-0.25, -0.2) is 4.98 Å². The summed E-state index contributed by atoms with van der Waals surface area (Å²) in [6.07, 6.45) is 8.74. The molecule has 0 unspecified atom stereocenters. The first-order valence-electron chi connectivity index (χ1n) is 13.9. The predicted molar refractivity (Wildman–Crippen MR) is 151 cm³/mol. The van der Waals surface area contributed by atoms with Crippen LogP contribution in [0.2, 0.25) is 0 Å². The largest absolute Gasteiger partial charge is 0.493 e. The van der Waals surface area contributed by atoms with E-state index >= 15 is 0 Å². The average molecular weight is 573 g/mol.